The molecule has 0 aliphatic carbocycles. The first-order chi connectivity index (χ1) is 5.27. The van der Waals surface area contributed by atoms with Crippen LogP contribution >= 0.6 is 0 Å². The van der Waals surface area contributed by atoms with Crippen molar-refractivity contribution in [2.75, 3.05) is 6.61 Å². The Labute approximate surface area is 66.7 Å². The Morgan fingerprint density at radius 1 is 1.64 bits per heavy atom. The summed E-state index contributed by atoms with van der Waals surface area (Å²) in [6, 6.07) is 0. The van der Waals surface area contributed by atoms with Gasteiger partial charge in [0.15, 0.2) is 0 Å². The Morgan fingerprint density at radius 3 is 2.55 bits per heavy atom. The maximum atomic E-state index is 11.2. The number of epoxide rings is 1. The molecular formula is C8H14O3. The molecule has 0 radical (unpaired) electrons. The number of carbonyl (C=O) groups is 1. The van der Waals surface area contributed by atoms with Gasteiger partial charge in [-0.25, -0.2) is 0 Å². The summed E-state index contributed by atoms with van der Waals surface area (Å²) >= 11 is 0. The van der Waals surface area contributed by atoms with Crippen LogP contribution in [-0.2, 0) is 14.3 Å². The Hall–Kier alpha value is -0.570. The number of carbonyl (C=O) groups excluding carboxylic acids is 1. The lowest BCUT2D eigenvalue weighted by Crippen LogP contribution is -2.17. The Kier molecular flexibility index (Phi) is 2.88. The van der Waals surface area contributed by atoms with Crippen LogP contribution < -0.4 is 0 Å². The van der Waals surface area contributed by atoms with E-state index in [-0.39, 0.29) is 18.2 Å². The minimum absolute atomic E-state index is 0.0548. The van der Waals surface area contributed by atoms with Crippen molar-refractivity contribution in [1.82, 2.24) is 0 Å². The third kappa shape index (κ3) is 2.50. The fourth-order valence-electron chi connectivity index (χ4n) is 0.955. The highest BCUT2D eigenvalue weighted by atomic mass is 16.8. The first-order valence-electron chi connectivity index (χ1n) is 4.10. The van der Waals surface area contributed by atoms with Gasteiger partial charge >= 0.3 is 5.97 Å². The molecule has 1 aliphatic rings. The summed E-state index contributed by atoms with van der Waals surface area (Å²) in [4.78, 5) is 11.2. The lowest BCUT2D eigenvalue weighted by Gasteiger charge is -2.09. The largest absolute Gasteiger partial charge is 0.433 e. The van der Waals surface area contributed by atoms with Crippen LogP contribution in [0.1, 0.15) is 26.7 Å². The first kappa shape index (κ1) is 8.53. The van der Waals surface area contributed by atoms with Crippen LogP contribution in [0.2, 0.25) is 0 Å². The van der Waals surface area contributed by atoms with Crippen LogP contribution in [0.25, 0.3) is 0 Å². The molecule has 1 heterocycles. The van der Waals surface area contributed by atoms with Gasteiger partial charge in [0, 0.05) is 0 Å². The maximum Gasteiger partial charge on any atom is 0.311 e. The molecule has 0 spiro atoms. The highest BCUT2D eigenvalue weighted by Crippen LogP contribution is 2.16. The van der Waals surface area contributed by atoms with Gasteiger partial charge in [-0.15, -0.1) is 0 Å². The zero-order valence-corrected chi connectivity index (χ0v) is 7.00. The summed E-state index contributed by atoms with van der Waals surface area (Å²) in [6.07, 6.45) is 1.47. The van der Waals surface area contributed by atoms with Crippen LogP contribution in [0.5, 0.6) is 0 Å². The van der Waals surface area contributed by atoms with Crippen molar-refractivity contribution in [3.05, 3.63) is 0 Å². The smallest absolute Gasteiger partial charge is 0.311 e. The predicted molar refractivity (Wildman–Crippen MR) is 39.9 cm³/mol. The molecule has 1 rings (SSSR count). The predicted octanol–water partition coefficient (Wildman–Crippen LogP) is 1.32. The molecule has 3 nitrogen and oxygen atoms in total. The Bertz CT molecular complexity index is 136. The first-order valence-corrected chi connectivity index (χ1v) is 4.10. The van der Waals surface area contributed by atoms with Gasteiger partial charge in [-0.3, -0.25) is 4.79 Å². The summed E-state index contributed by atoms with van der Waals surface area (Å²) in [7, 11) is 0. The molecular weight excluding hydrogens is 144 g/mol. The van der Waals surface area contributed by atoms with Crippen molar-refractivity contribution in [2.24, 2.45) is 5.92 Å². The van der Waals surface area contributed by atoms with Crippen LogP contribution in [0.3, 0.4) is 0 Å². The molecule has 0 aromatic carbocycles. The van der Waals surface area contributed by atoms with E-state index in [2.05, 4.69) is 0 Å². The lowest BCUT2D eigenvalue weighted by molar-refractivity contribution is -0.153. The summed E-state index contributed by atoms with van der Waals surface area (Å²) in [5.41, 5.74) is 0. The van der Waals surface area contributed by atoms with Crippen LogP contribution in [-0.4, -0.2) is 18.9 Å². The lowest BCUT2D eigenvalue weighted by atomic mass is 10.0. The molecule has 1 fully saturated rings. The third-order valence-electron chi connectivity index (χ3n) is 1.87. The van der Waals surface area contributed by atoms with Gasteiger partial charge < -0.3 is 9.47 Å². The number of rotatable bonds is 4. The van der Waals surface area contributed by atoms with E-state index >= 15 is 0 Å². The molecule has 1 atom stereocenters. The summed E-state index contributed by atoms with van der Waals surface area (Å²) in [6.45, 7) is 4.55. The fraction of sp³-hybridized carbons (Fsp3) is 0.875. The zero-order valence-electron chi connectivity index (χ0n) is 7.00. The topological polar surface area (TPSA) is 38.8 Å². The molecule has 0 saturated carbocycles. The van der Waals surface area contributed by atoms with Crippen molar-refractivity contribution < 1.29 is 14.3 Å². The van der Waals surface area contributed by atoms with Gasteiger partial charge in [0.1, 0.15) is 6.61 Å². The maximum absolute atomic E-state index is 11.2. The van der Waals surface area contributed by atoms with E-state index < -0.39 is 0 Å². The SMILES string of the molecule is CCC(CC)C(=O)OC1CO1. The number of esters is 1. The summed E-state index contributed by atoms with van der Waals surface area (Å²) in [5, 5.41) is 0. The second-order valence-electron chi connectivity index (χ2n) is 2.71. The van der Waals surface area contributed by atoms with Crippen LogP contribution in [0.4, 0.5) is 0 Å². The van der Waals surface area contributed by atoms with E-state index in [1.807, 2.05) is 13.8 Å². The second-order valence-corrected chi connectivity index (χ2v) is 2.71. The van der Waals surface area contributed by atoms with Crippen molar-refractivity contribution >= 4 is 5.97 Å². The Balaban J connectivity index is 2.24. The normalized spacial score (nSPS) is 21.9. The Morgan fingerprint density at radius 2 is 2.18 bits per heavy atom. The molecule has 0 bridgehead atoms. The molecule has 64 valence electrons. The van der Waals surface area contributed by atoms with E-state index in [1.54, 1.807) is 0 Å². The molecule has 1 aliphatic heterocycles. The van der Waals surface area contributed by atoms with Crippen molar-refractivity contribution in [3.8, 4) is 0 Å². The van der Waals surface area contributed by atoms with Crippen LogP contribution in [0.15, 0.2) is 0 Å². The van der Waals surface area contributed by atoms with E-state index in [0.29, 0.717) is 6.61 Å². The highest BCUT2D eigenvalue weighted by Gasteiger charge is 2.29. The second kappa shape index (κ2) is 3.72. The van der Waals surface area contributed by atoms with Gasteiger partial charge in [0.25, 0.3) is 0 Å². The molecule has 0 aromatic heterocycles. The van der Waals surface area contributed by atoms with Gasteiger partial charge in [-0.05, 0) is 12.8 Å². The van der Waals surface area contributed by atoms with E-state index in [1.165, 1.54) is 0 Å². The molecule has 1 saturated heterocycles. The van der Waals surface area contributed by atoms with Crippen molar-refractivity contribution in [2.45, 2.75) is 33.0 Å². The van der Waals surface area contributed by atoms with Crippen molar-refractivity contribution in [1.29, 1.82) is 0 Å². The van der Waals surface area contributed by atoms with Gasteiger partial charge in [-0.1, -0.05) is 13.8 Å². The van der Waals surface area contributed by atoms with Gasteiger partial charge in [-0.2, -0.15) is 0 Å². The number of hydrogen-bond donors (Lipinski definition) is 0. The standard InChI is InChI=1S/C8H14O3/c1-3-6(4-2)8(9)11-7-5-10-7/h6-7H,3-5H2,1-2H3. The summed E-state index contributed by atoms with van der Waals surface area (Å²) in [5.74, 6) is -0.0586. The quantitative estimate of drug-likeness (QED) is 0.457. The molecule has 0 amide bonds. The average molecular weight is 158 g/mol. The molecule has 0 N–H and O–H groups in total. The van der Waals surface area contributed by atoms with E-state index in [0.717, 1.165) is 12.8 Å². The minimum atomic E-state index is -0.233. The zero-order chi connectivity index (χ0) is 8.27. The summed E-state index contributed by atoms with van der Waals surface area (Å²) < 4.78 is 9.72. The molecule has 11 heavy (non-hydrogen) atoms. The number of ether oxygens (including phenoxy) is 2. The van der Waals surface area contributed by atoms with Gasteiger partial charge in [0.05, 0.1) is 5.92 Å². The number of hydrogen-bond acceptors (Lipinski definition) is 3. The highest BCUT2D eigenvalue weighted by molar-refractivity contribution is 5.72. The van der Waals surface area contributed by atoms with Crippen molar-refractivity contribution in [3.63, 3.8) is 0 Å². The van der Waals surface area contributed by atoms with Gasteiger partial charge in [0.2, 0.25) is 6.29 Å². The fourth-order valence-corrected chi connectivity index (χ4v) is 0.955. The van der Waals surface area contributed by atoms with E-state index in [4.69, 9.17) is 9.47 Å². The average Bonchev–Trinajstić information content (AvgIpc) is 2.74. The van der Waals surface area contributed by atoms with E-state index in [9.17, 15) is 4.79 Å². The molecule has 3 heteroatoms. The third-order valence-corrected chi connectivity index (χ3v) is 1.87. The van der Waals surface area contributed by atoms with Crippen LogP contribution in [0, 0.1) is 5.92 Å². The molecule has 1 unspecified atom stereocenters. The monoisotopic (exact) mass is 158 g/mol. The molecule has 0 aromatic rings. The minimum Gasteiger partial charge on any atom is -0.433 e.